The van der Waals surface area contributed by atoms with Crippen molar-refractivity contribution >= 4 is 11.9 Å². The van der Waals surface area contributed by atoms with E-state index in [1.807, 2.05) is 30.3 Å². The fraction of sp³-hybridized carbons (Fsp3) is 0.333. The highest BCUT2D eigenvalue weighted by Crippen LogP contribution is 2.06. The van der Waals surface area contributed by atoms with Gasteiger partial charge in [0.2, 0.25) is 5.91 Å². The fourth-order valence-electron chi connectivity index (χ4n) is 1.65. The third-order valence-electron chi connectivity index (χ3n) is 2.48. The third kappa shape index (κ3) is 2.59. The number of ether oxygens (including phenoxy) is 1. The summed E-state index contributed by atoms with van der Waals surface area (Å²) in [6, 6.07) is 8.96. The van der Waals surface area contributed by atoms with E-state index in [4.69, 9.17) is 4.74 Å². The van der Waals surface area contributed by atoms with Crippen LogP contribution in [0.4, 0.5) is 0 Å². The minimum atomic E-state index is -0.462. The Morgan fingerprint density at radius 1 is 1.38 bits per heavy atom. The van der Waals surface area contributed by atoms with Gasteiger partial charge in [-0.3, -0.25) is 4.79 Å². The first-order valence-electron chi connectivity index (χ1n) is 5.25. The van der Waals surface area contributed by atoms with Gasteiger partial charge in [0.1, 0.15) is 6.04 Å². The highest BCUT2D eigenvalue weighted by atomic mass is 16.5. The quantitative estimate of drug-likeness (QED) is 0.760. The second-order valence-electron chi connectivity index (χ2n) is 3.74. The molecular weight excluding hydrogens is 206 g/mol. The average molecular weight is 219 g/mol. The van der Waals surface area contributed by atoms with Gasteiger partial charge in [0.25, 0.3) is 0 Å². The topological polar surface area (TPSA) is 55.4 Å². The molecule has 0 unspecified atom stereocenters. The second kappa shape index (κ2) is 4.79. The highest BCUT2D eigenvalue weighted by molar-refractivity contribution is 5.86. The maximum Gasteiger partial charge on any atom is 0.328 e. The van der Waals surface area contributed by atoms with Gasteiger partial charge in [-0.15, -0.1) is 0 Å². The van der Waals surface area contributed by atoms with Crippen LogP contribution in [0.1, 0.15) is 12.0 Å². The van der Waals surface area contributed by atoms with Crippen molar-refractivity contribution in [2.75, 3.05) is 6.61 Å². The van der Waals surface area contributed by atoms with Crippen molar-refractivity contribution in [2.45, 2.75) is 18.9 Å². The van der Waals surface area contributed by atoms with E-state index in [1.165, 1.54) is 0 Å². The van der Waals surface area contributed by atoms with Crippen LogP contribution in [0.3, 0.4) is 0 Å². The van der Waals surface area contributed by atoms with Crippen molar-refractivity contribution in [3.63, 3.8) is 0 Å². The molecule has 4 heteroatoms. The van der Waals surface area contributed by atoms with Crippen molar-refractivity contribution in [3.8, 4) is 0 Å². The molecule has 1 amide bonds. The number of nitrogens with one attached hydrogen (secondary N) is 1. The summed E-state index contributed by atoms with van der Waals surface area (Å²) in [6.45, 7) is 0.398. The molecule has 1 atom stereocenters. The van der Waals surface area contributed by atoms with Gasteiger partial charge >= 0.3 is 5.97 Å². The molecule has 1 aliphatic rings. The van der Waals surface area contributed by atoms with Crippen LogP contribution in [-0.4, -0.2) is 24.5 Å². The monoisotopic (exact) mass is 219 g/mol. The summed E-state index contributed by atoms with van der Waals surface area (Å²) in [5.41, 5.74) is 0.936. The smallest absolute Gasteiger partial charge is 0.328 e. The van der Waals surface area contributed by atoms with E-state index in [9.17, 15) is 9.59 Å². The zero-order valence-corrected chi connectivity index (χ0v) is 8.81. The first kappa shape index (κ1) is 10.7. The van der Waals surface area contributed by atoms with Gasteiger partial charge in [-0.2, -0.15) is 0 Å². The molecule has 1 heterocycles. The molecule has 1 fully saturated rings. The lowest BCUT2D eigenvalue weighted by Gasteiger charge is -2.08. The van der Waals surface area contributed by atoms with Crippen LogP contribution < -0.4 is 5.32 Å². The van der Waals surface area contributed by atoms with Crippen molar-refractivity contribution in [2.24, 2.45) is 0 Å². The molecule has 1 saturated heterocycles. The Bertz CT molecular complexity index is 389. The van der Waals surface area contributed by atoms with Gasteiger partial charge in [0, 0.05) is 6.42 Å². The number of amides is 1. The zero-order valence-electron chi connectivity index (χ0n) is 8.81. The summed E-state index contributed by atoms with van der Waals surface area (Å²) in [5.74, 6) is -0.475. The van der Waals surface area contributed by atoms with Crippen LogP contribution in [0.5, 0.6) is 0 Å². The van der Waals surface area contributed by atoms with Crippen molar-refractivity contribution in [1.29, 1.82) is 0 Å². The number of hydrogen-bond acceptors (Lipinski definition) is 3. The Morgan fingerprint density at radius 2 is 2.12 bits per heavy atom. The van der Waals surface area contributed by atoms with Gasteiger partial charge < -0.3 is 10.1 Å². The maximum absolute atomic E-state index is 11.6. The van der Waals surface area contributed by atoms with Gasteiger partial charge in [-0.25, -0.2) is 4.79 Å². The Kier molecular flexibility index (Phi) is 3.19. The summed E-state index contributed by atoms with van der Waals surface area (Å²) >= 11 is 0. The third-order valence-corrected chi connectivity index (χ3v) is 2.48. The van der Waals surface area contributed by atoms with Crippen LogP contribution in [0.2, 0.25) is 0 Å². The highest BCUT2D eigenvalue weighted by Gasteiger charge is 2.27. The molecule has 84 valence electrons. The normalized spacial score (nSPS) is 19.2. The molecule has 1 aromatic rings. The Balaban J connectivity index is 1.87. The number of cyclic esters (lactones) is 1. The number of carbonyl (C=O) groups is 2. The molecule has 0 aromatic heterocycles. The summed E-state index contributed by atoms with van der Waals surface area (Å²) in [6.07, 6.45) is 0.865. The van der Waals surface area contributed by atoms with E-state index in [2.05, 4.69) is 5.32 Å². The molecule has 2 rings (SSSR count). The number of hydrogen-bond donors (Lipinski definition) is 1. The van der Waals surface area contributed by atoms with E-state index in [0.29, 0.717) is 19.4 Å². The van der Waals surface area contributed by atoms with Crippen molar-refractivity contribution in [3.05, 3.63) is 35.9 Å². The number of benzene rings is 1. The Labute approximate surface area is 93.6 Å². The molecule has 0 bridgehead atoms. The summed E-state index contributed by atoms with van der Waals surface area (Å²) < 4.78 is 4.76. The maximum atomic E-state index is 11.6. The average Bonchev–Trinajstić information content (AvgIpc) is 2.66. The Hall–Kier alpha value is -1.84. The zero-order chi connectivity index (χ0) is 11.4. The summed E-state index contributed by atoms with van der Waals surface area (Å²) in [4.78, 5) is 22.7. The summed E-state index contributed by atoms with van der Waals surface area (Å²) in [5, 5.41) is 2.66. The largest absolute Gasteiger partial charge is 0.464 e. The molecule has 4 nitrogen and oxygen atoms in total. The minimum absolute atomic E-state index is 0.143. The van der Waals surface area contributed by atoms with E-state index >= 15 is 0 Å². The van der Waals surface area contributed by atoms with Crippen LogP contribution in [-0.2, 0) is 20.7 Å². The van der Waals surface area contributed by atoms with Crippen LogP contribution in [0.15, 0.2) is 30.3 Å². The van der Waals surface area contributed by atoms with E-state index in [0.717, 1.165) is 5.56 Å². The van der Waals surface area contributed by atoms with Gasteiger partial charge in [0.05, 0.1) is 13.0 Å². The van der Waals surface area contributed by atoms with Crippen LogP contribution >= 0.6 is 0 Å². The molecule has 0 saturated carbocycles. The Morgan fingerprint density at radius 3 is 2.75 bits per heavy atom. The van der Waals surface area contributed by atoms with Crippen LogP contribution in [0, 0.1) is 0 Å². The fourth-order valence-corrected chi connectivity index (χ4v) is 1.65. The standard InChI is InChI=1S/C12H13NO3/c14-11(8-9-4-2-1-3-5-9)13-10-6-7-16-12(10)15/h1-5,10H,6-8H2,(H,13,14)/t10-/m1/s1. The second-order valence-corrected chi connectivity index (χ2v) is 3.74. The number of esters is 1. The van der Waals surface area contributed by atoms with Gasteiger partial charge in [-0.1, -0.05) is 30.3 Å². The molecule has 1 aromatic carbocycles. The molecule has 1 aliphatic heterocycles. The van der Waals surface area contributed by atoms with Gasteiger partial charge in [-0.05, 0) is 5.56 Å². The lowest BCUT2D eigenvalue weighted by molar-refractivity contribution is -0.141. The predicted molar refractivity (Wildman–Crippen MR) is 57.7 cm³/mol. The number of rotatable bonds is 3. The molecule has 0 spiro atoms. The first-order chi connectivity index (χ1) is 7.75. The molecule has 0 radical (unpaired) electrons. The lowest BCUT2D eigenvalue weighted by atomic mass is 10.1. The van der Waals surface area contributed by atoms with E-state index in [1.54, 1.807) is 0 Å². The summed E-state index contributed by atoms with van der Waals surface area (Å²) in [7, 11) is 0. The lowest BCUT2D eigenvalue weighted by Crippen LogP contribution is -2.38. The van der Waals surface area contributed by atoms with E-state index in [-0.39, 0.29) is 11.9 Å². The SMILES string of the molecule is O=C(Cc1ccccc1)N[C@@H]1CCOC1=O. The van der Waals surface area contributed by atoms with Gasteiger partial charge in [0.15, 0.2) is 0 Å². The minimum Gasteiger partial charge on any atom is -0.464 e. The van der Waals surface area contributed by atoms with E-state index < -0.39 is 6.04 Å². The molecule has 0 aliphatic carbocycles. The van der Waals surface area contributed by atoms with Crippen molar-refractivity contribution < 1.29 is 14.3 Å². The van der Waals surface area contributed by atoms with Crippen molar-refractivity contribution in [1.82, 2.24) is 5.32 Å². The molecular formula is C12H13NO3. The predicted octanol–water partition coefficient (Wildman–Crippen LogP) is 0.661. The van der Waals surface area contributed by atoms with Crippen LogP contribution in [0.25, 0.3) is 0 Å². The number of carbonyl (C=O) groups excluding carboxylic acids is 2. The molecule has 16 heavy (non-hydrogen) atoms. The molecule has 1 N–H and O–H groups in total. The first-order valence-corrected chi connectivity index (χ1v) is 5.25.